The number of hydrogen-bond donors (Lipinski definition) is 1. The predicted molar refractivity (Wildman–Crippen MR) is 116 cm³/mol. The average Bonchev–Trinajstić information content (AvgIpc) is 3.39. The summed E-state index contributed by atoms with van der Waals surface area (Å²) in [7, 11) is -3.49. The summed E-state index contributed by atoms with van der Waals surface area (Å²) in [5.41, 5.74) is 1.65. The highest BCUT2D eigenvalue weighted by Gasteiger charge is 2.29. The minimum Gasteiger partial charge on any atom is -0.338 e. The van der Waals surface area contributed by atoms with Crippen molar-refractivity contribution in [2.45, 2.75) is 30.0 Å². The fraction of sp³-hybridized carbons (Fsp3) is 0.300. The van der Waals surface area contributed by atoms with Gasteiger partial charge >= 0.3 is 0 Å². The zero-order valence-electron chi connectivity index (χ0n) is 15.9. The van der Waals surface area contributed by atoms with Crippen LogP contribution in [0.25, 0.3) is 11.3 Å². The second-order valence-corrected chi connectivity index (χ2v) is 11.0. The lowest BCUT2D eigenvalue weighted by molar-refractivity contribution is 0.0717. The first-order valence-corrected chi connectivity index (χ1v) is 12.5. The van der Waals surface area contributed by atoms with E-state index >= 15 is 0 Å². The van der Waals surface area contributed by atoms with E-state index in [-0.39, 0.29) is 11.9 Å². The summed E-state index contributed by atoms with van der Waals surface area (Å²) in [6.45, 7) is 2.93. The molecule has 1 amide bonds. The van der Waals surface area contributed by atoms with Gasteiger partial charge in [0.15, 0.2) is 0 Å². The van der Waals surface area contributed by atoms with E-state index in [9.17, 15) is 13.2 Å². The van der Waals surface area contributed by atoms with Crippen molar-refractivity contribution in [1.82, 2.24) is 14.6 Å². The molecule has 3 heterocycles. The molecule has 0 radical (unpaired) electrons. The Labute approximate surface area is 178 Å². The number of aryl methyl sites for hydroxylation is 1. The third kappa shape index (κ3) is 4.42. The van der Waals surface area contributed by atoms with Crippen LogP contribution in [-0.4, -0.2) is 43.3 Å². The maximum Gasteiger partial charge on any atom is 0.266 e. The zero-order chi connectivity index (χ0) is 20.4. The molecule has 1 fully saturated rings. The van der Waals surface area contributed by atoms with Crippen LogP contribution in [0.2, 0.25) is 0 Å². The number of nitrogens with one attached hydrogen (secondary N) is 1. The number of nitrogens with zero attached hydrogens (tertiary/aromatic N) is 2. The number of amides is 1. The Kier molecular flexibility index (Phi) is 5.82. The Morgan fingerprint density at radius 1 is 1.14 bits per heavy atom. The molecule has 152 valence electrons. The largest absolute Gasteiger partial charge is 0.338 e. The second-order valence-electron chi connectivity index (χ2n) is 6.90. The Morgan fingerprint density at radius 2 is 1.86 bits per heavy atom. The molecule has 1 aliphatic rings. The first-order chi connectivity index (χ1) is 13.9. The molecular formula is C20H21N3O3S3. The van der Waals surface area contributed by atoms with Crippen molar-refractivity contribution in [3.8, 4) is 11.3 Å². The maximum atomic E-state index is 13.1. The monoisotopic (exact) mass is 447 g/mol. The van der Waals surface area contributed by atoms with E-state index < -0.39 is 10.0 Å². The van der Waals surface area contributed by atoms with E-state index in [4.69, 9.17) is 0 Å². The van der Waals surface area contributed by atoms with Crippen LogP contribution in [0.5, 0.6) is 0 Å². The normalized spacial score (nSPS) is 15.6. The number of sulfonamides is 1. The highest BCUT2D eigenvalue weighted by atomic mass is 32.2. The lowest BCUT2D eigenvalue weighted by atomic mass is 10.1. The number of carbonyl (C=O) groups excluding carboxylic acids is 1. The summed E-state index contributed by atoms with van der Waals surface area (Å²) in [5.74, 6) is -0.0333. The van der Waals surface area contributed by atoms with Gasteiger partial charge in [-0.05, 0) is 31.2 Å². The van der Waals surface area contributed by atoms with Gasteiger partial charge in [0.25, 0.3) is 5.91 Å². The molecule has 0 saturated carbocycles. The molecule has 1 saturated heterocycles. The van der Waals surface area contributed by atoms with Crippen molar-refractivity contribution in [3.05, 3.63) is 57.7 Å². The molecule has 0 atom stereocenters. The van der Waals surface area contributed by atoms with E-state index in [1.165, 1.54) is 22.7 Å². The Balaban J connectivity index is 1.44. The van der Waals surface area contributed by atoms with Crippen LogP contribution in [-0.2, 0) is 10.0 Å². The number of thiophene rings is 1. The summed E-state index contributed by atoms with van der Waals surface area (Å²) >= 11 is 2.61. The van der Waals surface area contributed by atoms with Gasteiger partial charge in [0, 0.05) is 24.7 Å². The third-order valence-corrected chi connectivity index (χ3v) is 8.72. The van der Waals surface area contributed by atoms with Crippen molar-refractivity contribution in [1.29, 1.82) is 0 Å². The smallest absolute Gasteiger partial charge is 0.266 e. The lowest BCUT2D eigenvalue weighted by Crippen LogP contribution is -2.46. The van der Waals surface area contributed by atoms with Crippen molar-refractivity contribution in [2.24, 2.45) is 0 Å². The standard InChI is InChI=1S/C20H21N3O3S3/c1-14-21-18(15-6-3-2-4-7-15)19(28-14)20(24)23-11-9-16(10-12-23)22-29(25,26)17-8-5-13-27-17/h2-8,13,16,22H,9-12H2,1H3. The van der Waals surface area contributed by atoms with Gasteiger partial charge in [-0.25, -0.2) is 18.1 Å². The van der Waals surface area contributed by atoms with Crippen molar-refractivity contribution < 1.29 is 13.2 Å². The highest BCUT2D eigenvalue weighted by molar-refractivity contribution is 7.91. The van der Waals surface area contributed by atoms with Crippen molar-refractivity contribution >= 4 is 38.6 Å². The van der Waals surface area contributed by atoms with E-state index in [2.05, 4.69) is 9.71 Å². The molecule has 9 heteroatoms. The summed E-state index contributed by atoms with van der Waals surface area (Å²) in [6, 6.07) is 12.9. The number of rotatable bonds is 5. The molecule has 29 heavy (non-hydrogen) atoms. The van der Waals surface area contributed by atoms with Crippen LogP contribution in [0.15, 0.2) is 52.1 Å². The van der Waals surface area contributed by atoms with Gasteiger partial charge in [-0.2, -0.15) is 0 Å². The average molecular weight is 448 g/mol. The fourth-order valence-electron chi connectivity index (χ4n) is 3.40. The molecule has 6 nitrogen and oxygen atoms in total. The quantitative estimate of drug-likeness (QED) is 0.646. The summed E-state index contributed by atoms with van der Waals surface area (Å²) in [5, 5.41) is 2.60. The van der Waals surface area contributed by atoms with Gasteiger partial charge in [0.05, 0.1) is 10.7 Å². The number of carbonyl (C=O) groups is 1. The lowest BCUT2D eigenvalue weighted by Gasteiger charge is -2.32. The van der Waals surface area contributed by atoms with Crippen LogP contribution in [0.1, 0.15) is 27.5 Å². The van der Waals surface area contributed by atoms with Crippen LogP contribution < -0.4 is 4.72 Å². The molecule has 2 aromatic heterocycles. The summed E-state index contributed by atoms with van der Waals surface area (Å²) in [4.78, 5) is 20.2. The fourth-order valence-corrected chi connectivity index (χ4v) is 6.63. The first-order valence-electron chi connectivity index (χ1n) is 9.32. The third-order valence-electron chi connectivity index (χ3n) is 4.84. The topological polar surface area (TPSA) is 79.4 Å². The summed E-state index contributed by atoms with van der Waals surface area (Å²) in [6.07, 6.45) is 1.18. The van der Waals surface area contributed by atoms with Gasteiger partial charge < -0.3 is 4.90 Å². The number of thiazole rings is 1. The number of aromatic nitrogens is 1. The molecule has 0 unspecified atom stereocenters. The molecular weight excluding hydrogens is 426 g/mol. The van der Waals surface area contributed by atoms with Crippen LogP contribution in [0.4, 0.5) is 0 Å². The van der Waals surface area contributed by atoms with Crippen molar-refractivity contribution in [2.75, 3.05) is 13.1 Å². The zero-order valence-corrected chi connectivity index (χ0v) is 18.3. The minimum absolute atomic E-state index is 0.0333. The SMILES string of the molecule is Cc1nc(-c2ccccc2)c(C(=O)N2CCC(NS(=O)(=O)c3cccs3)CC2)s1. The molecule has 0 bridgehead atoms. The number of piperidine rings is 1. The van der Waals surface area contributed by atoms with E-state index in [0.717, 1.165) is 16.3 Å². The van der Waals surface area contributed by atoms with Gasteiger partial charge in [0.2, 0.25) is 10.0 Å². The van der Waals surface area contributed by atoms with Gasteiger partial charge in [0.1, 0.15) is 9.09 Å². The van der Waals surface area contributed by atoms with Crippen LogP contribution >= 0.6 is 22.7 Å². The van der Waals surface area contributed by atoms with Gasteiger partial charge in [-0.3, -0.25) is 4.79 Å². The summed E-state index contributed by atoms with van der Waals surface area (Å²) < 4.78 is 27.9. The second kappa shape index (κ2) is 8.35. The predicted octanol–water partition coefficient (Wildman–Crippen LogP) is 3.76. The Morgan fingerprint density at radius 3 is 2.52 bits per heavy atom. The molecule has 1 aromatic carbocycles. The minimum atomic E-state index is -3.49. The van der Waals surface area contributed by atoms with E-state index in [1.807, 2.05) is 37.3 Å². The van der Waals surface area contributed by atoms with Crippen LogP contribution in [0.3, 0.4) is 0 Å². The van der Waals surface area contributed by atoms with Gasteiger partial charge in [-0.15, -0.1) is 22.7 Å². The maximum absolute atomic E-state index is 13.1. The molecule has 3 aromatic rings. The number of benzene rings is 1. The Bertz CT molecular complexity index is 1080. The van der Waals surface area contributed by atoms with E-state index in [1.54, 1.807) is 22.4 Å². The van der Waals surface area contributed by atoms with E-state index in [0.29, 0.717) is 35.0 Å². The number of likely N-dealkylation sites (tertiary alicyclic amines) is 1. The highest BCUT2D eigenvalue weighted by Crippen LogP contribution is 2.30. The molecule has 1 aliphatic heterocycles. The number of hydrogen-bond acceptors (Lipinski definition) is 6. The Hall–Kier alpha value is -2.07. The van der Waals surface area contributed by atoms with Crippen LogP contribution in [0, 0.1) is 6.92 Å². The van der Waals surface area contributed by atoms with Gasteiger partial charge in [-0.1, -0.05) is 36.4 Å². The molecule has 0 spiro atoms. The molecule has 4 rings (SSSR count). The molecule has 0 aliphatic carbocycles. The first kappa shape index (κ1) is 20.2. The molecule has 1 N–H and O–H groups in total. The van der Waals surface area contributed by atoms with Crippen molar-refractivity contribution in [3.63, 3.8) is 0 Å².